The van der Waals surface area contributed by atoms with Gasteiger partial charge in [-0.3, -0.25) is 4.79 Å². The molecule has 2 atom stereocenters. The number of carboxylic acid groups (broad SMARTS) is 1. The van der Waals surface area contributed by atoms with Crippen molar-refractivity contribution in [3.05, 3.63) is 42.0 Å². The number of ether oxygens (including phenoxy) is 2. The number of benzene rings is 1. The van der Waals surface area contributed by atoms with Crippen molar-refractivity contribution in [2.45, 2.75) is 51.2 Å². The number of hydrogen-bond donors (Lipinski definition) is 1. The third kappa shape index (κ3) is 5.19. The van der Waals surface area contributed by atoms with Crippen LogP contribution >= 0.6 is 0 Å². The maximum Gasteiger partial charge on any atom is 0.304 e. The van der Waals surface area contributed by atoms with E-state index in [2.05, 4.69) is 0 Å². The number of carbonyl (C=O) groups is 1. The van der Waals surface area contributed by atoms with Gasteiger partial charge in [-0.15, -0.1) is 0 Å². The highest BCUT2D eigenvalue weighted by Crippen LogP contribution is 2.25. The minimum atomic E-state index is -0.790. The molecule has 22 heavy (non-hydrogen) atoms. The molecule has 0 aliphatic carbocycles. The summed E-state index contributed by atoms with van der Waals surface area (Å²) in [7, 11) is 0. The summed E-state index contributed by atoms with van der Waals surface area (Å²) in [5, 5.41) is 9.04. The Balaban J connectivity index is 2.01. The summed E-state index contributed by atoms with van der Waals surface area (Å²) in [5.41, 5.74) is 0.990. The molecule has 0 radical (unpaired) electrons. The van der Waals surface area contributed by atoms with Gasteiger partial charge in [0.2, 0.25) is 0 Å². The summed E-state index contributed by atoms with van der Waals surface area (Å²) in [4.78, 5) is 11.0. The van der Waals surface area contributed by atoms with Crippen LogP contribution < -0.4 is 4.74 Å². The molecule has 0 amide bonds. The first-order valence-corrected chi connectivity index (χ1v) is 7.95. The Morgan fingerprint density at radius 3 is 2.77 bits per heavy atom. The van der Waals surface area contributed by atoms with Gasteiger partial charge >= 0.3 is 5.97 Å². The molecule has 1 aliphatic rings. The lowest BCUT2D eigenvalue weighted by Crippen LogP contribution is -2.24. The van der Waals surface area contributed by atoms with Crippen molar-refractivity contribution in [3.63, 3.8) is 0 Å². The molecule has 1 heterocycles. The summed E-state index contributed by atoms with van der Waals surface area (Å²) in [6.07, 6.45) is 7.96. The zero-order valence-corrected chi connectivity index (χ0v) is 13.0. The minimum Gasteiger partial charge on any atom is -0.481 e. The summed E-state index contributed by atoms with van der Waals surface area (Å²) in [6.45, 7) is 2.79. The number of hydrogen-bond acceptors (Lipinski definition) is 3. The molecule has 1 saturated heterocycles. The minimum absolute atomic E-state index is 0.0996. The summed E-state index contributed by atoms with van der Waals surface area (Å²) < 4.78 is 11.3. The second-order valence-corrected chi connectivity index (χ2v) is 5.52. The molecule has 4 heteroatoms. The SMILES string of the molecule is CCC=C[C@H](CC(=O)O)c1ccc(OC2CCCCO2)cc1. The number of rotatable bonds is 7. The Labute approximate surface area is 131 Å². The maximum absolute atomic E-state index is 11.0. The number of aliphatic carboxylic acids is 1. The molecule has 0 saturated carbocycles. The Morgan fingerprint density at radius 2 is 2.18 bits per heavy atom. The fraction of sp³-hybridized carbons (Fsp3) is 0.500. The van der Waals surface area contributed by atoms with Crippen LogP contribution in [0.1, 0.15) is 50.5 Å². The lowest BCUT2D eigenvalue weighted by molar-refractivity contribution is -0.137. The zero-order valence-electron chi connectivity index (χ0n) is 13.0. The van der Waals surface area contributed by atoms with E-state index in [1.54, 1.807) is 0 Å². The Hall–Kier alpha value is -1.81. The van der Waals surface area contributed by atoms with Crippen molar-refractivity contribution in [1.82, 2.24) is 0 Å². The monoisotopic (exact) mass is 304 g/mol. The van der Waals surface area contributed by atoms with E-state index in [0.717, 1.165) is 43.6 Å². The van der Waals surface area contributed by atoms with Crippen LogP contribution in [0.4, 0.5) is 0 Å². The molecule has 1 aromatic carbocycles. The van der Waals surface area contributed by atoms with Crippen LogP contribution in [0.25, 0.3) is 0 Å². The molecule has 0 bridgehead atoms. The van der Waals surface area contributed by atoms with Gasteiger partial charge in [0.25, 0.3) is 0 Å². The van der Waals surface area contributed by atoms with Gasteiger partial charge < -0.3 is 14.6 Å². The van der Waals surface area contributed by atoms with Crippen molar-refractivity contribution in [3.8, 4) is 5.75 Å². The van der Waals surface area contributed by atoms with E-state index in [-0.39, 0.29) is 18.6 Å². The zero-order chi connectivity index (χ0) is 15.8. The molecule has 1 aromatic rings. The molecule has 1 aliphatic heterocycles. The smallest absolute Gasteiger partial charge is 0.304 e. The van der Waals surface area contributed by atoms with Gasteiger partial charge in [0, 0.05) is 12.3 Å². The number of allylic oxidation sites excluding steroid dienone is 2. The standard InChI is InChI=1S/C18H24O4/c1-2-3-6-15(13-17(19)20)14-8-10-16(11-9-14)22-18-7-4-5-12-21-18/h3,6,8-11,15,18H,2,4-5,7,12-13H2,1H3,(H,19,20)/t15-,18?/m1/s1. The molecule has 120 valence electrons. The summed E-state index contributed by atoms with van der Waals surface area (Å²) >= 11 is 0. The van der Waals surface area contributed by atoms with E-state index >= 15 is 0 Å². The van der Waals surface area contributed by atoms with Gasteiger partial charge in [0.1, 0.15) is 5.75 Å². The molecule has 1 fully saturated rings. The van der Waals surface area contributed by atoms with E-state index in [9.17, 15) is 4.79 Å². The average Bonchev–Trinajstić information content (AvgIpc) is 2.53. The fourth-order valence-electron chi connectivity index (χ4n) is 2.53. The summed E-state index contributed by atoms with van der Waals surface area (Å²) in [6, 6.07) is 7.65. The van der Waals surface area contributed by atoms with Crippen LogP contribution in [-0.4, -0.2) is 24.0 Å². The molecular weight excluding hydrogens is 280 g/mol. The maximum atomic E-state index is 11.0. The number of carboxylic acids is 1. The quantitative estimate of drug-likeness (QED) is 0.770. The Kier molecular flexibility index (Phi) is 6.46. The Morgan fingerprint density at radius 1 is 1.41 bits per heavy atom. The van der Waals surface area contributed by atoms with Crippen LogP contribution in [0.2, 0.25) is 0 Å². The van der Waals surface area contributed by atoms with Gasteiger partial charge in [0.15, 0.2) is 6.29 Å². The lowest BCUT2D eigenvalue weighted by Gasteiger charge is -2.23. The van der Waals surface area contributed by atoms with E-state index in [0.29, 0.717) is 0 Å². The van der Waals surface area contributed by atoms with Crippen molar-refractivity contribution >= 4 is 5.97 Å². The van der Waals surface area contributed by atoms with Gasteiger partial charge in [-0.1, -0.05) is 31.2 Å². The van der Waals surface area contributed by atoms with Gasteiger partial charge in [-0.25, -0.2) is 0 Å². The molecule has 0 aromatic heterocycles. The van der Waals surface area contributed by atoms with Crippen LogP contribution in [0.5, 0.6) is 5.75 Å². The van der Waals surface area contributed by atoms with Crippen LogP contribution in [0.15, 0.2) is 36.4 Å². The first-order chi connectivity index (χ1) is 10.7. The highest BCUT2D eigenvalue weighted by Gasteiger charge is 2.16. The topological polar surface area (TPSA) is 55.8 Å². The third-order valence-electron chi connectivity index (χ3n) is 3.71. The van der Waals surface area contributed by atoms with Gasteiger partial charge in [0.05, 0.1) is 13.0 Å². The molecule has 4 nitrogen and oxygen atoms in total. The second-order valence-electron chi connectivity index (χ2n) is 5.52. The van der Waals surface area contributed by atoms with Gasteiger partial charge in [-0.05, 0) is 37.0 Å². The lowest BCUT2D eigenvalue weighted by atomic mass is 9.95. The van der Waals surface area contributed by atoms with Crippen molar-refractivity contribution in [2.24, 2.45) is 0 Å². The highest BCUT2D eigenvalue weighted by molar-refractivity contribution is 5.68. The van der Waals surface area contributed by atoms with Crippen molar-refractivity contribution in [1.29, 1.82) is 0 Å². The van der Waals surface area contributed by atoms with E-state index < -0.39 is 5.97 Å². The molecule has 1 N–H and O–H groups in total. The first-order valence-electron chi connectivity index (χ1n) is 7.95. The molecule has 1 unspecified atom stereocenters. The van der Waals surface area contributed by atoms with Crippen molar-refractivity contribution < 1.29 is 19.4 Å². The third-order valence-corrected chi connectivity index (χ3v) is 3.71. The summed E-state index contributed by atoms with van der Waals surface area (Å²) in [5.74, 6) is -0.122. The molecular formula is C18H24O4. The Bertz CT molecular complexity index is 486. The van der Waals surface area contributed by atoms with E-state index in [1.165, 1.54) is 0 Å². The van der Waals surface area contributed by atoms with Gasteiger partial charge in [-0.2, -0.15) is 0 Å². The highest BCUT2D eigenvalue weighted by atomic mass is 16.7. The van der Waals surface area contributed by atoms with Crippen LogP contribution in [0, 0.1) is 0 Å². The largest absolute Gasteiger partial charge is 0.481 e. The van der Waals surface area contributed by atoms with E-state index in [1.807, 2.05) is 43.3 Å². The van der Waals surface area contributed by atoms with Crippen molar-refractivity contribution in [2.75, 3.05) is 6.61 Å². The first kappa shape index (κ1) is 16.6. The predicted molar refractivity (Wildman–Crippen MR) is 85.1 cm³/mol. The normalized spacial score (nSPS) is 20.0. The molecule has 2 rings (SSSR count). The van der Waals surface area contributed by atoms with E-state index in [4.69, 9.17) is 14.6 Å². The predicted octanol–water partition coefficient (Wildman–Crippen LogP) is 4.12. The fourth-order valence-corrected chi connectivity index (χ4v) is 2.53. The van der Waals surface area contributed by atoms with Crippen LogP contribution in [-0.2, 0) is 9.53 Å². The molecule has 0 spiro atoms. The van der Waals surface area contributed by atoms with Crippen LogP contribution in [0.3, 0.4) is 0 Å². The second kappa shape index (κ2) is 8.59. The average molecular weight is 304 g/mol.